The van der Waals surface area contributed by atoms with E-state index in [1.54, 1.807) is 12.1 Å². The normalized spacial score (nSPS) is 15.2. The van der Waals surface area contributed by atoms with Gasteiger partial charge >= 0.3 is 0 Å². The lowest BCUT2D eigenvalue weighted by Gasteiger charge is -2.05. The molecule has 0 amide bonds. The molecule has 0 bridgehead atoms. The lowest BCUT2D eigenvalue weighted by Crippen LogP contribution is -1.97. The lowest BCUT2D eigenvalue weighted by atomic mass is 10.1. The van der Waals surface area contributed by atoms with Gasteiger partial charge in [-0.05, 0) is 60.2 Å². The average molecular weight is 274 g/mol. The molecule has 0 heterocycles. The van der Waals surface area contributed by atoms with Crippen LogP contribution in [0.1, 0.15) is 23.1 Å². The number of aryl methyl sites for hydroxylation is 2. The summed E-state index contributed by atoms with van der Waals surface area (Å²) in [5, 5.41) is 0. The third kappa shape index (κ3) is 2.76. The summed E-state index contributed by atoms with van der Waals surface area (Å²) in [5.74, 6) is 0.206. The molecule has 0 N–H and O–H groups in total. The van der Waals surface area contributed by atoms with E-state index < -0.39 is 10.8 Å². The second-order valence-electron chi connectivity index (χ2n) is 4.90. The zero-order valence-electron chi connectivity index (χ0n) is 10.6. The van der Waals surface area contributed by atoms with Crippen LogP contribution in [0.15, 0.2) is 47.4 Å². The first-order valence-electron chi connectivity index (χ1n) is 6.47. The highest BCUT2D eigenvalue weighted by Crippen LogP contribution is 2.24. The van der Waals surface area contributed by atoms with Crippen LogP contribution in [0.25, 0.3) is 0 Å². The molecule has 0 aromatic heterocycles. The summed E-state index contributed by atoms with van der Waals surface area (Å²) in [6, 6.07) is 12.3. The monoisotopic (exact) mass is 274 g/mol. The number of hydrogen-bond donors (Lipinski definition) is 0. The van der Waals surface area contributed by atoms with Crippen molar-refractivity contribution in [2.75, 3.05) is 0 Å². The molecule has 2 aromatic carbocycles. The standard InChI is InChI=1S/C16H15FOS/c17-15-6-8-16(9-7-15)19(18)11-12-4-5-13-2-1-3-14(13)10-12/h4-10H,1-3,11H2. The molecular formula is C16H15FOS. The Morgan fingerprint density at radius 1 is 1.00 bits per heavy atom. The summed E-state index contributed by atoms with van der Waals surface area (Å²) in [6.07, 6.45) is 3.52. The molecule has 0 saturated carbocycles. The predicted molar refractivity (Wildman–Crippen MR) is 75.0 cm³/mol. The molecule has 0 saturated heterocycles. The van der Waals surface area contributed by atoms with Crippen LogP contribution in [0.3, 0.4) is 0 Å². The topological polar surface area (TPSA) is 17.1 Å². The van der Waals surface area contributed by atoms with Gasteiger partial charge in [0.25, 0.3) is 0 Å². The molecule has 19 heavy (non-hydrogen) atoms. The molecule has 0 fully saturated rings. The minimum Gasteiger partial charge on any atom is -0.254 e. The van der Waals surface area contributed by atoms with Crippen molar-refractivity contribution in [1.82, 2.24) is 0 Å². The third-order valence-corrected chi connectivity index (χ3v) is 4.93. The van der Waals surface area contributed by atoms with Gasteiger partial charge in [-0.2, -0.15) is 0 Å². The predicted octanol–water partition coefficient (Wildman–Crippen LogP) is 3.62. The van der Waals surface area contributed by atoms with Crippen LogP contribution in [0.5, 0.6) is 0 Å². The molecule has 1 aliphatic carbocycles. The Labute approximate surface area is 114 Å². The van der Waals surface area contributed by atoms with Crippen LogP contribution in [0.4, 0.5) is 4.39 Å². The smallest absolute Gasteiger partial charge is 0.123 e. The summed E-state index contributed by atoms with van der Waals surface area (Å²) < 4.78 is 25.0. The highest BCUT2D eigenvalue weighted by Gasteiger charge is 2.12. The first kappa shape index (κ1) is 12.5. The second kappa shape index (κ2) is 5.25. The summed E-state index contributed by atoms with van der Waals surface area (Å²) in [4.78, 5) is 0.682. The van der Waals surface area contributed by atoms with Crippen LogP contribution < -0.4 is 0 Å². The maximum absolute atomic E-state index is 12.8. The molecular weight excluding hydrogens is 259 g/mol. The fraction of sp³-hybridized carbons (Fsp3) is 0.250. The number of hydrogen-bond acceptors (Lipinski definition) is 1. The van der Waals surface area contributed by atoms with Crippen LogP contribution in [-0.2, 0) is 29.4 Å². The van der Waals surface area contributed by atoms with Crippen molar-refractivity contribution in [2.45, 2.75) is 29.9 Å². The first-order chi connectivity index (χ1) is 9.22. The van der Waals surface area contributed by atoms with Gasteiger partial charge in [0, 0.05) is 4.90 Å². The molecule has 1 atom stereocenters. The van der Waals surface area contributed by atoms with Gasteiger partial charge in [0.05, 0.1) is 16.6 Å². The summed E-state index contributed by atoms with van der Waals surface area (Å²) in [7, 11) is -1.11. The Bertz CT molecular complexity index is 619. The molecule has 0 spiro atoms. The van der Waals surface area contributed by atoms with E-state index in [4.69, 9.17) is 0 Å². The summed E-state index contributed by atoms with van der Waals surface area (Å²) in [5.41, 5.74) is 3.92. The van der Waals surface area contributed by atoms with Gasteiger partial charge in [0.2, 0.25) is 0 Å². The minimum absolute atomic E-state index is 0.293. The van der Waals surface area contributed by atoms with Gasteiger partial charge < -0.3 is 0 Å². The summed E-state index contributed by atoms with van der Waals surface area (Å²) in [6.45, 7) is 0. The fourth-order valence-corrected chi connectivity index (χ4v) is 3.62. The van der Waals surface area contributed by atoms with Gasteiger partial charge in [-0.25, -0.2) is 4.39 Å². The Hall–Kier alpha value is -1.48. The van der Waals surface area contributed by atoms with Crippen molar-refractivity contribution in [2.24, 2.45) is 0 Å². The zero-order chi connectivity index (χ0) is 13.2. The average Bonchev–Trinajstić information content (AvgIpc) is 2.87. The molecule has 1 aliphatic rings. The fourth-order valence-electron chi connectivity index (χ4n) is 2.54. The van der Waals surface area contributed by atoms with Gasteiger partial charge in [-0.15, -0.1) is 0 Å². The van der Waals surface area contributed by atoms with Crippen LogP contribution in [0, 0.1) is 5.82 Å². The molecule has 3 rings (SSSR count). The maximum atomic E-state index is 12.8. The van der Waals surface area contributed by atoms with Crippen molar-refractivity contribution in [3.05, 3.63) is 65.0 Å². The van der Waals surface area contributed by atoms with Crippen LogP contribution >= 0.6 is 0 Å². The minimum atomic E-state index is -1.11. The highest BCUT2D eigenvalue weighted by atomic mass is 32.2. The number of rotatable bonds is 3. The van der Waals surface area contributed by atoms with Crippen LogP contribution in [0.2, 0.25) is 0 Å². The van der Waals surface area contributed by atoms with Crippen LogP contribution in [-0.4, -0.2) is 4.21 Å². The molecule has 1 unspecified atom stereocenters. The van der Waals surface area contributed by atoms with E-state index in [0.717, 1.165) is 18.4 Å². The molecule has 0 radical (unpaired) electrons. The van der Waals surface area contributed by atoms with Gasteiger partial charge in [-0.3, -0.25) is 4.21 Å². The van der Waals surface area contributed by atoms with E-state index in [-0.39, 0.29) is 5.82 Å². The van der Waals surface area contributed by atoms with E-state index in [9.17, 15) is 8.60 Å². The van der Waals surface area contributed by atoms with Crippen molar-refractivity contribution in [3.63, 3.8) is 0 Å². The SMILES string of the molecule is O=S(Cc1ccc2c(c1)CCC2)c1ccc(F)cc1. The van der Waals surface area contributed by atoms with Gasteiger partial charge in [0.1, 0.15) is 5.82 Å². The first-order valence-corrected chi connectivity index (χ1v) is 7.79. The molecule has 0 aliphatic heterocycles. The summed E-state index contributed by atoms with van der Waals surface area (Å²) >= 11 is 0. The van der Waals surface area contributed by atoms with Crippen molar-refractivity contribution in [1.29, 1.82) is 0 Å². The zero-order valence-corrected chi connectivity index (χ0v) is 11.4. The third-order valence-electron chi connectivity index (χ3n) is 3.54. The molecule has 1 nitrogen and oxygen atoms in total. The molecule has 3 heteroatoms. The quantitative estimate of drug-likeness (QED) is 0.835. The molecule has 2 aromatic rings. The lowest BCUT2D eigenvalue weighted by molar-refractivity contribution is 0.626. The molecule has 98 valence electrons. The van der Waals surface area contributed by atoms with E-state index in [1.165, 1.54) is 29.7 Å². The second-order valence-corrected chi connectivity index (χ2v) is 6.35. The number of halogens is 1. The van der Waals surface area contributed by atoms with Crippen molar-refractivity contribution < 1.29 is 8.60 Å². The van der Waals surface area contributed by atoms with Gasteiger partial charge in [0.15, 0.2) is 0 Å². The maximum Gasteiger partial charge on any atom is 0.123 e. The number of benzene rings is 2. The van der Waals surface area contributed by atoms with Crippen molar-refractivity contribution in [3.8, 4) is 0 Å². The largest absolute Gasteiger partial charge is 0.254 e. The highest BCUT2D eigenvalue weighted by molar-refractivity contribution is 7.84. The Morgan fingerprint density at radius 3 is 2.53 bits per heavy atom. The Balaban J connectivity index is 1.77. The van der Waals surface area contributed by atoms with Crippen molar-refractivity contribution >= 4 is 10.8 Å². The Morgan fingerprint density at radius 2 is 1.74 bits per heavy atom. The Kier molecular flexibility index (Phi) is 3.47. The van der Waals surface area contributed by atoms with E-state index in [0.29, 0.717) is 10.6 Å². The van der Waals surface area contributed by atoms with Gasteiger partial charge in [-0.1, -0.05) is 18.2 Å². The van der Waals surface area contributed by atoms with E-state index in [1.807, 2.05) is 0 Å². The number of fused-ring (bicyclic) bond motifs is 1. The van der Waals surface area contributed by atoms with E-state index >= 15 is 0 Å². The van der Waals surface area contributed by atoms with E-state index in [2.05, 4.69) is 18.2 Å².